The second-order valence-electron chi connectivity index (χ2n) is 5.11. The van der Waals surface area contributed by atoms with Crippen molar-refractivity contribution in [2.45, 2.75) is 45.6 Å². The Morgan fingerprint density at radius 2 is 2.20 bits per heavy atom. The summed E-state index contributed by atoms with van der Waals surface area (Å²) in [6.45, 7) is 4.49. The Morgan fingerprint density at radius 1 is 1.40 bits per heavy atom. The first-order valence-electron chi connectivity index (χ1n) is 7.23. The zero-order chi connectivity index (χ0) is 14.5. The Morgan fingerprint density at radius 3 is 2.95 bits per heavy atom. The molecule has 1 aliphatic carbocycles. The molecule has 1 aromatic carbocycles. The fraction of sp³-hybridized carbons (Fsp3) is 0.500. The molecule has 0 radical (unpaired) electrons. The fourth-order valence-corrected chi connectivity index (χ4v) is 2.34. The zero-order valence-corrected chi connectivity index (χ0v) is 12.1. The number of ether oxygens (including phenoxy) is 1. The molecule has 0 aliphatic heterocycles. The van der Waals surface area contributed by atoms with Crippen molar-refractivity contribution in [2.24, 2.45) is 0 Å². The van der Waals surface area contributed by atoms with Gasteiger partial charge < -0.3 is 10.1 Å². The number of amides is 1. The number of hydrogen-bond donors (Lipinski definition) is 1. The molecule has 0 fully saturated rings. The van der Waals surface area contributed by atoms with Gasteiger partial charge in [0.15, 0.2) is 11.9 Å². The lowest BCUT2D eigenvalue weighted by atomic mass is 10.1. The van der Waals surface area contributed by atoms with E-state index < -0.39 is 6.10 Å². The molecule has 1 N–H and O–H groups in total. The molecule has 1 atom stereocenters. The maximum Gasteiger partial charge on any atom is 0.260 e. The van der Waals surface area contributed by atoms with Crippen molar-refractivity contribution >= 4 is 11.7 Å². The van der Waals surface area contributed by atoms with Crippen LogP contribution in [0.2, 0.25) is 0 Å². The van der Waals surface area contributed by atoms with Crippen molar-refractivity contribution in [3.05, 3.63) is 29.3 Å². The fourth-order valence-electron chi connectivity index (χ4n) is 2.34. The van der Waals surface area contributed by atoms with Crippen molar-refractivity contribution in [1.82, 2.24) is 5.32 Å². The summed E-state index contributed by atoms with van der Waals surface area (Å²) in [7, 11) is 0. The van der Waals surface area contributed by atoms with E-state index in [1.165, 1.54) is 0 Å². The Labute approximate surface area is 119 Å². The lowest BCUT2D eigenvalue weighted by molar-refractivity contribution is -0.127. The molecular formula is C16H21NO3. The maximum atomic E-state index is 11.9. The molecule has 0 heterocycles. The number of unbranched alkanes of at least 4 members (excludes halogenated alkanes) is 1. The quantitative estimate of drug-likeness (QED) is 0.812. The van der Waals surface area contributed by atoms with Crippen LogP contribution in [-0.2, 0) is 11.2 Å². The standard InChI is InChI=1S/C16H21NO3/c1-3-4-10-17-16(19)11(2)20-15-7-5-6-12-13(15)8-9-14(12)18/h5-7,11H,3-4,8-10H2,1-2H3,(H,17,19). The molecule has 1 aliphatic rings. The van der Waals surface area contributed by atoms with E-state index in [0.29, 0.717) is 25.1 Å². The van der Waals surface area contributed by atoms with Crippen LogP contribution in [-0.4, -0.2) is 24.3 Å². The third kappa shape index (κ3) is 3.18. The molecule has 20 heavy (non-hydrogen) atoms. The van der Waals surface area contributed by atoms with E-state index in [1.807, 2.05) is 12.1 Å². The topological polar surface area (TPSA) is 55.4 Å². The van der Waals surface area contributed by atoms with Gasteiger partial charge in [-0.1, -0.05) is 25.5 Å². The molecule has 2 rings (SSSR count). The van der Waals surface area contributed by atoms with Gasteiger partial charge in [0.25, 0.3) is 5.91 Å². The first-order chi connectivity index (χ1) is 9.63. The van der Waals surface area contributed by atoms with Crippen molar-refractivity contribution in [3.8, 4) is 5.75 Å². The Hall–Kier alpha value is -1.84. The number of carbonyl (C=O) groups excluding carboxylic acids is 2. The van der Waals surface area contributed by atoms with Crippen LogP contribution in [0.3, 0.4) is 0 Å². The summed E-state index contributed by atoms with van der Waals surface area (Å²) >= 11 is 0. The molecule has 0 bridgehead atoms. The third-order valence-corrected chi connectivity index (χ3v) is 3.54. The molecule has 108 valence electrons. The number of Topliss-reactive ketones (excluding diaryl/α,β-unsaturated/α-hetero) is 1. The van der Waals surface area contributed by atoms with E-state index in [-0.39, 0.29) is 11.7 Å². The highest BCUT2D eigenvalue weighted by atomic mass is 16.5. The van der Waals surface area contributed by atoms with Crippen LogP contribution in [0.15, 0.2) is 18.2 Å². The van der Waals surface area contributed by atoms with Gasteiger partial charge in [0.1, 0.15) is 5.75 Å². The molecule has 4 heteroatoms. The van der Waals surface area contributed by atoms with Crippen LogP contribution >= 0.6 is 0 Å². The summed E-state index contributed by atoms with van der Waals surface area (Å²) in [5.74, 6) is 0.706. The number of nitrogens with one attached hydrogen (secondary N) is 1. The van der Waals surface area contributed by atoms with Gasteiger partial charge in [-0.05, 0) is 25.8 Å². The first-order valence-corrected chi connectivity index (χ1v) is 7.23. The molecule has 0 saturated carbocycles. The van der Waals surface area contributed by atoms with Gasteiger partial charge >= 0.3 is 0 Å². The number of benzene rings is 1. The predicted molar refractivity (Wildman–Crippen MR) is 77.1 cm³/mol. The van der Waals surface area contributed by atoms with Crippen molar-refractivity contribution in [1.29, 1.82) is 0 Å². The maximum absolute atomic E-state index is 11.9. The minimum absolute atomic E-state index is 0.111. The minimum Gasteiger partial charge on any atom is -0.481 e. The number of rotatable bonds is 6. The van der Waals surface area contributed by atoms with E-state index >= 15 is 0 Å². The molecule has 1 aromatic rings. The molecule has 1 unspecified atom stereocenters. The SMILES string of the molecule is CCCCNC(=O)C(C)Oc1cccc2c1CCC2=O. The molecule has 4 nitrogen and oxygen atoms in total. The average molecular weight is 275 g/mol. The lowest BCUT2D eigenvalue weighted by Crippen LogP contribution is -2.36. The van der Waals surface area contributed by atoms with Crippen molar-refractivity contribution in [3.63, 3.8) is 0 Å². The predicted octanol–water partition coefficient (Wildman–Crippen LogP) is 2.50. The second-order valence-corrected chi connectivity index (χ2v) is 5.11. The van der Waals surface area contributed by atoms with Crippen LogP contribution in [0.5, 0.6) is 5.75 Å². The van der Waals surface area contributed by atoms with E-state index in [4.69, 9.17) is 4.74 Å². The molecule has 0 spiro atoms. The van der Waals surface area contributed by atoms with E-state index in [2.05, 4.69) is 12.2 Å². The summed E-state index contributed by atoms with van der Waals surface area (Å²) in [5.41, 5.74) is 1.67. The number of ketones is 1. The van der Waals surface area contributed by atoms with E-state index in [0.717, 1.165) is 24.0 Å². The number of fused-ring (bicyclic) bond motifs is 1. The van der Waals surface area contributed by atoms with Crippen LogP contribution in [0, 0.1) is 0 Å². The molecular weight excluding hydrogens is 254 g/mol. The van der Waals surface area contributed by atoms with Crippen LogP contribution in [0.25, 0.3) is 0 Å². The normalized spacial score (nSPS) is 14.8. The lowest BCUT2D eigenvalue weighted by Gasteiger charge is -2.16. The van der Waals surface area contributed by atoms with Crippen molar-refractivity contribution in [2.75, 3.05) is 6.54 Å². The third-order valence-electron chi connectivity index (χ3n) is 3.54. The molecule has 1 amide bonds. The van der Waals surface area contributed by atoms with Crippen molar-refractivity contribution < 1.29 is 14.3 Å². The first kappa shape index (κ1) is 14.6. The van der Waals surface area contributed by atoms with Gasteiger partial charge in [-0.25, -0.2) is 0 Å². The van der Waals surface area contributed by atoms with Crippen LogP contribution in [0.4, 0.5) is 0 Å². The Kier molecular flexibility index (Phi) is 4.77. The Bertz CT molecular complexity index is 510. The summed E-state index contributed by atoms with van der Waals surface area (Å²) in [6.07, 6.45) is 2.70. The highest BCUT2D eigenvalue weighted by molar-refractivity contribution is 6.01. The summed E-state index contributed by atoms with van der Waals surface area (Å²) < 4.78 is 5.73. The van der Waals surface area contributed by atoms with Gasteiger partial charge in [0, 0.05) is 24.1 Å². The van der Waals surface area contributed by atoms with Crippen LogP contribution < -0.4 is 10.1 Å². The Balaban J connectivity index is 2.00. The largest absolute Gasteiger partial charge is 0.481 e. The number of carbonyl (C=O) groups is 2. The number of hydrogen-bond acceptors (Lipinski definition) is 3. The zero-order valence-electron chi connectivity index (χ0n) is 12.1. The van der Waals surface area contributed by atoms with Gasteiger partial charge in [0.2, 0.25) is 0 Å². The average Bonchev–Trinajstić information content (AvgIpc) is 2.82. The molecule has 0 aromatic heterocycles. The summed E-state index contributed by atoms with van der Waals surface area (Å²) in [6, 6.07) is 5.45. The monoisotopic (exact) mass is 275 g/mol. The van der Waals surface area contributed by atoms with Gasteiger partial charge in [-0.15, -0.1) is 0 Å². The van der Waals surface area contributed by atoms with Gasteiger partial charge in [-0.3, -0.25) is 9.59 Å². The highest BCUT2D eigenvalue weighted by Crippen LogP contribution is 2.31. The van der Waals surface area contributed by atoms with Crippen LogP contribution in [0.1, 0.15) is 49.0 Å². The summed E-state index contributed by atoms with van der Waals surface area (Å²) in [5, 5.41) is 2.85. The highest BCUT2D eigenvalue weighted by Gasteiger charge is 2.24. The second kappa shape index (κ2) is 6.55. The van der Waals surface area contributed by atoms with E-state index in [1.54, 1.807) is 13.0 Å². The summed E-state index contributed by atoms with van der Waals surface area (Å²) in [4.78, 5) is 23.6. The van der Waals surface area contributed by atoms with Gasteiger partial charge in [0.05, 0.1) is 0 Å². The molecule has 0 saturated heterocycles. The van der Waals surface area contributed by atoms with Gasteiger partial charge in [-0.2, -0.15) is 0 Å². The minimum atomic E-state index is -0.547. The smallest absolute Gasteiger partial charge is 0.260 e. The van der Waals surface area contributed by atoms with E-state index in [9.17, 15) is 9.59 Å².